The van der Waals surface area contributed by atoms with Crippen molar-refractivity contribution in [2.24, 2.45) is 0 Å². The van der Waals surface area contributed by atoms with E-state index in [9.17, 15) is 19.0 Å². The fourth-order valence-electron chi connectivity index (χ4n) is 10.1. The number of phosphoric acid groups is 1. The van der Waals surface area contributed by atoms with E-state index in [4.69, 9.17) is 13.8 Å². The Balaban J connectivity index is 5.07. The average Bonchev–Trinajstić information content (AvgIpc) is 3.41. The van der Waals surface area contributed by atoms with Crippen LogP contribution in [0.5, 0.6) is 0 Å². The molecule has 0 aromatic carbocycles. The Morgan fingerprint density at radius 1 is 0.456 bits per heavy atom. The molecule has 0 saturated heterocycles. The Morgan fingerprint density at radius 2 is 0.810 bits per heavy atom. The van der Waals surface area contributed by atoms with E-state index in [1.54, 1.807) is 0 Å². The third kappa shape index (κ3) is 60.4. The first-order valence-electron chi connectivity index (χ1n) is 34.0. The Labute approximate surface area is 490 Å². The molecule has 0 aliphatic carbocycles. The molecule has 0 spiro atoms. The molecule has 79 heavy (non-hydrogen) atoms. The van der Waals surface area contributed by atoms with Crippen molar-refractivity contribution in [3.8, 4) is 0 Å². The number of hydrogen-bond donors (Lipinski definition) is 1. The number of unbranched alkanes of at least 4 members (excludes halogenated alkanes) is 42. The maximum Gasteiger partial charge on any atom is 0.306 e. The van der Waals surface area contributed by atoms with E-state index in [1.165, 1.54) is 218 Å². The largest absolute Gasteiger partial charge is 0.756 e. The quantitative estimate of drug-likeness (QED) is 0.0161. The molecule has 0 bridgehead atoms. The minimum absolute atomic E-state index is 0.0231. The summed E-state index contributed by atoms with van der Waals surface area (Å²) < 4.78 is 30.4. The SMILES string of the molecule is CC/C=C/C=C/C=C/CCCCCCCCCC(=O)OC(/C=C\CCCCCCCCCCCCC)C(COP(=O)([O-])OCC[N+](C)(C)C)NC(=O)CCCCCCCCCCCCCCCCCCCCCCCCCCC. The maximum absolute atomic E-state index is 13.6. The second-order valence-electron chi connectivity index (χ2n) is 24.4. The number of carbonyl (C=O) groups excluding carboxylic acids is 2. The monoisotopic (exact) mass is 1130 g/mol. The summed E-state index contributed by atoms with van der Waals surface area (Å²) in [4.78, 5) is 40.1. The van der Waals surface area contributed by atoms with Crippen molar-refractivity contribution >= 4 is 19.7 Å². The molecule has 1 amide bonds. The first-order chi connectivity index (χ1) is 38.4. The van der Waals surface area contributed by atoms with E-state index in [0.717, 1.165) is 77.0 Å². The van der Waals surface area contributed by atoms with Gasteiger partial charge in [-0.2, -0.15) is 0 Å². The third-order valence-corrected chi connectivity index (χ3v) is 16.3. The minimum Gasteiger partial charge on any atom is -0.756 e. The number of nitrogens with one attached hydrogen (secondary N) is 1. The smallest absolute Gasteiger partial charge is 0.306 e. The number of likely N-dealkylation sites (N-methyl/N-ethyl adjacent to an activating group) is 1. The van der Waals surface area contributed by atoms with Gasteiger partial charge in [-0.3, -0.25) is 14.2 Å². The van der Waals surface area contributed by atoms with E-state index in [0.29, 0.717) is 17.4 Å². The van der Waals surface area contributed by atoms with Crippen LogP contribution in [0.2, 0.25) is 0 Å². The van der Waals surface area contributed by atoms with Crippen molar-refractivity contribution in [1.82, 2.24) is 5.32 Å². The van der Waals surface area contributed by atoms with Crippen molar-refractivity contribution in [1.29, 1.82) is 0 Å². The molecule has 0 aliphatic heterocycles. The van der Waals surface area contributed by atoms with Crippen LogP contribution in [0.1, 0.15) is 329 Å². The zero-order chi connectivity index (χ0) is 57.9. The van der Waals surface area contributed by atoms with Gasteiger partial charge < -0.3 is 28.5 Å². The highest BCUT2D eigenvalue weighted by Gasteiger charge is 2.27. The highest BCUT2D eigenvalue weighted by molar-refractivity contribution is 7.45. The normalized spacial score (nSPS) is 13.9. The Morgan fingerprint density at radius 3 is 1.20 bits per heavy atom. The van der Waals surface area contributed by atoms with E-state index < -0.39 is 20.0 Å². The van der Waals surface area contributed by atoms with Crippen LogP contribution >= 0.6 is 7.82 Å². The van der Waals surface area contributed by atoms with Gasteiger partial charge in [0.05, 0.1) is 33.8 Å². The summed E-state index contributed by atoms with van der Waals surface area (Å²) in [5, 5.41) is 3.04. The van der Waals surface area contributed by atoms with Crippen LogP contribution in [0.15, 0.2) is 48.6 Å². The van der Waals surface area contributed by atoms with Gasteiger partial charge in [0.15, 0.2) is 0 Å². The number of rotatable bonds is 62. The zero-order valence-corrected chi connectivity index (χ0v) is 54.0. The van der Waals surface area contributed by atoms with Gasteiger partial charge in [0.1, 0.15) is 19.3 Å². The van der Waals surface area contributed by atoms with Crippen LogP contribution < -0.4 is 10.2 Å². The molecule has 464 valence electrons. The maximum atomic E-state index is 13.6. The van der Waals surface area contributed by atoms with Crippen molar-refractivity contribution in [3.63, 3.8) is 0 Å². The lowest BCUT2D eigenvalue weighted by Gasteiger charge is -2.30. The van der Waals surface area contributed by atoms with Gasteiger partial charge in [0.25, 0.3) is 7.82 Å². The molecule has 0 aliphatic rings. The molecular formula is C69H131N2O7P. The summed E-state index contributed by atoms with van der Waals surface area (Å²) in [6.07, 6.45) is 73.8. The summed E-state index contributed by atoms with van der Waals surface area (Å²) in [7, 11) is 1.19. The van der Waals surface area contributed by atoms with Gasteiger partial charge >= 0.3 is 5.97 Å². The first kappa shape index (κ1) is 77.0. The number of ether oxygens (including phenoxy) is 1. The van der Waals surface area contributed by atoms with Crippen LogP contribution in [-0.2, 0) is 27.9 Å². The van der Waals surface area contributed by atoms with Gasteiger partial charge in [0.2, 0.25) is 5.91 Å². The number of phosphoric ester groups is 1. The van der Waals surface area contributed by atoms with E-state index in [2.05, 4.69) is 62.5 Å². The molecule has 3 atom stereocenters. The Hall–Kier alpha value is -2.03. The topological polar surface area (TPSA) is 114 Å². The molecule has 1 N–H and O–H groups in total. The average molecular weight is 1130 g/mol. The lowest BCUT2D eigenvalue weighted by Crippen LogP contribution is -2.47. The number of carbonyl (C=O) groups is 2. The summed E-state index contributed by atoms with van der Waals surface area (Å²) in [6, 6.07) is -0.891. The Bertz CT molecular complexity index is 1490. The number of hydrogen-bond acceptors (Lipinski definition) is 7. The van der Waals surface area contributed by atoms with Crippen LogP contribution in [-0.4, -0.2) is 69.4 Å². The molecule has 0 radical (unpaired) electrons. The van der Waals surface area contributed by atoms with Crippen LogP contribution in [0.4, 0.5) is 0 Å². The number of quaternary nitrogens is 1. The van der Waals surface area contributed by atoms with E-state index >= 15 is 0 Å². The number of amides is 1. The predicted molar refractivity (Wildman–Crippen MR) is 339 cm³/mol. The number of esters is 1. The van der Waals surface area contributed by atoms with Crippen molar-refractivity contribution in [2.75, 3.05) is 40.9 Å². The molecule has 0 fully saturated rings. The van der Waals surface area contributed by atoms with Crippen molar-refractivity contribution in [3.05, 3.63) is 48.6 Å². The summed E-state index contributed by atoms with van der Waals surface area (Å²) >= 11 is 0. The minimum atomic E-state index is -4.70. The van der Waals surface area contributed by atoms with Gasteiger partial charge in [0, 0.05) is 12.8 Å². The highest BCUT2D eigenvalue weighted by Crippen LogP contribution is 2.38. The van der Waals surface area contributed by atoms with E-state index in [-0.39, 0.29) is 31.5 Å². The van der Waals surface area contributed by atoms with Gasteiger partial charge in [-0.1, -0.05) is 314 Å². The number of nitrogens with zero attached hydrogens (tertiary/aromatic N) is 1. The van der Waals surface area contributed by atoms with Gasteiger partial charge in [-0.25, -0.2) is 0 Å². The van der Waals surface area contributed by atoms with E-state index in [1.807, 2.05) is 33.3 Å². The summed E-state index contributed by atoms with van der Waals surface area (Å²) in [5.41, 5.74) is 0. The molecule has 3 unspecified atom stereocenters. The summed E-state index contributed by atoms with van der Waals surface area (Å²) in [5.74, 6) is -0.541. The van der Waals surface area contributed by atoms with Crippen LogP contribution in [0.3, 0.4) is 0 Å². The fraction of sp³-hybridized carbons (Fsp3) is 0.855. The highest BCUT2D eigenvalue weighted by atomic mass is 31.2. The molecule has 0 aromatic rings. The van der Waals surface area contributed by atoms with Crippen molar-refractivity contribution < 1.29 is 37.3 Å². The molecule has 0 heterocycles. The molecule has 9 nitrogen and oxygen atoms in total. The third-order valence-electron chi connectivity index (χ3n) is 15.3. The molecular weight excluding hydrogens is 1000 g/mol. The Kier molecular flexibility index (Phi) is 57.6. The first-order valence-corrected chi connectivity index (χ1v) is 35.4. The fourth-order valence-corrected chi connectivity index (χ4v) is 10.8. The molecule has 0 aromatic heterocycles. The molecule has 10 heteroatoms. The summed E-state index contributed by atoms with van der Waals surface area (Å²) in [6.45, 7) is 6.75. The second kappa shape index (κ2) is 59.1. The van der Waals surface area contributed by atoms with Crippen molar-refractivity contribution in [2.45, 2.75) is 341 Å². The molecule has 0 rings (SSSR count). The lowest BCUT2D eigenvalue weighted by molar-refractivity contribution is -0.870. The predicted octanol–water partition coefficient (Wildman–Crippen LogP) is 20.6. The number of allylic oxidation sites excluding steroid dienone is 7. The van der Waals surface area contributed by atoms with Crippen LogP contribution in [0, 0.1) is 0 Å². The standard InChI is InChI=1S/C69H131N2O7P/c1-7-10-13-16-19-22-25-28-30-31-32-33-34-35-36-37-38-39-41-43-46-49-52-55-58-61-68(72)70-66(65-77-79(74,75)76-64-63-71(4,5)6)67(60-57-54-51-48-45-42-27-24-21-18-15-12-9-3)78-69(73)62-59-56-53-50-47-44-40-29-26-23-20-17-14-11-8-2/h11,14,17,20,23,26,57,60,66-67H,7-10,12-13,15-16,18-19,21-22,24-25,27-56,58-59,61-65H2,1-6H3,(H-,70,72,74,75)/b14-11+,20-17+,26-23+,60-57-. The zero-order valence-electron chi connectivity index (χ0n) is 53.1. The van der Waals surface area contributed by atoms with Gasteiger partial charge in [-0.15, -0.1) is 0 Å². The lowest BCUT2D eigenvalue weighted by atomic mass is 10.0. The second-order valence-corrected chi connectivity index (χ2v) is 25.8. The van der Waals surface area contributed by atoms with Gasteiger partial charge in [-0.05, 0) is 51.0 Å². The molecule has 0 saturated carbocycles. The van der Waals surface area contributed by atoms with Crippen LogP contribution in [0.25, 0.3) is 0 Å².